The molecule has 78 valence electrons. The van der Waals surface area contributed by atoms with Gasteiger partial charge >= 0.3 is 0 Å². The maximum atomic E-state index is 12.2. The molecule has 0 radical (unpaired) electrons. The summed E-state index contributed by atoms with van der Waals surface area (Å²) in [7, 11) is 1.62. The minimum Gasteiger partial charge on any atom is -0.365 e. The molecule has 0 unspecified atom stereocenters. The minimum absolute atomic E-state index is 0.0744. The second-order valence-corrected chi connectivity index (χ2v) is 4.59. The SMILES string of the molecule is C=C1C(=O)[C@@]2(OC)C=C[C@@H]1[C@@H]1CC=C[C@@H]12. The Balaban J connectivity index is 2.19. The summed E-state index contributed by atoms with van der Waals surface area (Å²) >= 11 is 0. The summed E-state index contributed by atoms with van der Waals surface area (Å²) < 4.78 is 5.51. The lowest BCUT2D eigenvalue weighted by Crippen LogP contribution is -2.57. The zero-order valence-corrected chi connectivity index (χ0v) is 8.77. The van der Waals surface area contributed by atoms with E-state index < -0.39 is 5.60 Å². The molecule has 2 nitrogen and oxygen atoms in total. The first-order chi connectivity index (χ1) is 7.20. The third-order valence-electron chi connectivity index (χ3n) is 4.11. The first-order valence-corrected chi connectivity index (χ1v) is 5.35. The maximum Gasteiger partial charge on any atom is 0.195 e. The number of Topliss-reactive ketones (excluding diaryl/α,β-unsaturated/α-hetero) is 1. The molecule has 0 aromatic heterocycles. The standard InChI is InChI=1S/C13H14O2/c1-8-9-6-7-13(15-2,12(8)14)11-5-3-4-10(9)11/h3,5-7,9-11H,1,4H2,2H3/t9-,10-,11-,13+/m0/s1. The topological polar surface area (TPSA) is 26.3 Å². The van der Waals surface area contributed by atoms with Crippen LogP contribution in [0.5, 0.6) is 0 Å². The Bertz CT molecular complexity index is 405. The van der Waals surface area contributed by atoms with E-state index in [-0.39, 0.29) is 17.6 Å². The summed E-state index contributed by atoms with van der Waals surface area (Å²) in [5.74, 6) is 1.01. The quantitative estimate of drug-likeness (QED) is 0.479. The van der Waals surface area contributed by atoms with Gasteiger partial charge in [0, 0.05) is 18.9 Å². The Labute approximate surface area is 89.3 Å². The summed E-state index contributed by atoms with van der Waals surface area (Å²) in [5, 5.41) is 0. The number of rotatable bonds is 1. The number of carbonyl (C=O) groups is 1. The molecule has 15 heavy (non-hydrogen) atoms. The highest BCUT2D eigenvalue weighted by Crippen LogP contribution is 2.53. The van der Waals surface area contributed by atoms with Crippen LogP contribution in [0.2, 0.25) is 0 Å². The highest BCUT2D eigenvalue weighted by Gasteiger charge is 2.57. The van der Waals surface area contributed by atoms with E-state index in [1.165, 1.54) is 0 Å². The summed E-state index contributed by atoms with van der Waals surface area (Å²) in [5.41, 5.74) is -0.0203. The van der Waals surface area contributed by atoms with Gasteiger partial charge in [0.2, 0.25) is 0 Å². The first-order valence-electron chi connectivity index (χ1n) is 5.35. The predicted octanol–water partition coefficient (Wildman–Crippen LogP) is 1.89. The molecule has 2 bridgehead atoms. The van der Waals surface area contributed by atoms with Crippen LogP contribution in [0.15, 0.2) is 36.5 Å². The van der Waals surface area contributed by atoms with Crippen molar-refractivity contribution in [1.29, 1.82) is 0 Å². The van der Waals surface area contributed by atoms with Gasteiger partial charge in [-0.25, -0.2) is 0 Å². The molecule has 1 fully saturated rings. The van der Waals surface area contributed by atoms with Gasteiger partial charge < -0.3 is 4.74 Å². The number of ether oxygens (including phenoxy) is 1. The monoisotopic (exact) mass is 202 g/mol. The van der Waals surface area contributed by atoms with Gasteiger partial charge in [0.05, 0.1) is 0 Å². The Morgan fingerprint density at radius 2 is 2.33 bits per heavy atom. The van der Waals surface area contributed by atoms with E-state index in [1.54, 1.807) is 7.11 Å². The second-order valence-electron chi connectivity index (χ2n) is 4.59. The van der Waals surface area contributed by atoms with Gasteiger partial charge in [0.25, 0.3) is 0 Å². The van der Waals surface area contributed by atoms with E-state index in [0.717, 1.165) is 12.0 Å². The smallest absolute Gasteiger partial charge is 0.195 e. The number of allylic oxidation sites excluding steroid dienone is 2. The van der Waals surface area contributed by atoms with Gasteiger partial charge in [0.15, 0.2) is 11.4 Å². The van der Waals surface area contributed by atoms with Crippen molar-refractivity contribution in [3.8, 4) is 0 Å². The third-order valence-corrected chi connectivity index (χ3v) is 4.11. The van der Waals surface area contributed by atoms with Gasteiger partial charge in [0.1, 0.15) is 0 Å². The molecule has 0 aliphatic heterocycles. The number of hydrogen-bond donors (Lipinski definition) is 0. The van der Waals surface area contributed by atoms with Crippen molar-refractivity contribution >= 4 is 5.78 Å². The van der Waals surface area contributed by atoms with Crippen molar-refractivity contribution < 1.29 is 9.53 Å². The van der Waals surface area contributed by atoms with E-state index in [4.69, 9.17) is 4.74 Å². The fourth-order valence-corrected chi connectivity index (χ4v) is 3.30. The van der Waals surface area contributed by atoms with E-state index in [2.05, 4.69) is 24.8 Å². The van der Waals surface area contributed by atoms with Crippen molar-refractivity contribution in [1.82, 2.24) is 0 Å². The minimum atomic E-state index is -0.747. The molecule has 4 aliphatic rings. The molecule has 0 aromatic rings. The van der Waals surface area contributed by atoms with Gasteiger partial charge in [-0.15, -0.1) is 0 Å². The van der Waals surface area contributed by atoms with Crippen molar-refractivity contribution in [3.63, 3.8) is 0 Å². The number of fused-ring (bicyclic) bond motifs is 1. The molecule has 0 spiro atoms. The fourth-order valence-electron chi connectivity index (χ4n) is 3.30. The van der Waals surface area contributed by atoms with Crippen LogP contribution in [0.3, 0.4) is 0 Å². The number of carbonyl (C=O) groups excluding carboxylic acids is 1. The number of ketones is 1. The molecule has 0 amide bonds. The van der Waals surface area contributed by atoms with Crippen molar-refractivity contribution in [3.05, 3.63) is 36.5 Å². The summed E-state index contributed by atoms with van der Waals surface area (Å²) in [6.45, 7) is 3.92. The average Bonchev–Trinajstić information content (AvgIpc) is 2.74. The van der Waals surface area contributed by atoms with Crippen LogP contribution in [-0.2, 0) is 9.53 Å². The molecule has 0 heterocycles. The molecule has 0 aromatic carbocycles. The molecule has 4 atom stereocenters. The normalized spacial score (nSPS) is 46.3. The highest BCUT2D eigenvalue weighted by atomic mass is 16.5. The van der Waals surface area contributed by atoms with Crippen molar-refractivity contribution in [2.45, 2.75) is 12.0 Å². The molecule has 0 N–H and O–H groups in total. The van der Waals surface area contributed by atoms with E-state index in [1.807, 2.05) is 6.08 Å². The van der Waals surface area contributed by atoms with Crippen LogP contribution in [0, 0.1) is 17.8 Å². The highest BCUT2D eigenvalue weighted by molar-refractivity contribution is 6.06. The molecular formula is C13H14O2. The number of hydrogen-bond acceptors (Lipinski definition) is 2. The van der Waals surface area contributed by atoms with Crippen molar-refractivity contribution in [2.75, 3.05) is 7.11 Å². The fraction of sp³-hybridized carbons (Fsp3) is 0.462. The van der Waals surface area contributed by atoms with E-state index in [9.17, 15) is 4.79 Å². The summed E-state index contributed by atoms with van der Waals surface area (Å²) in [6.07, 6.45) is 9.37. The summed E-state index contributed by atoms with van der Waals surface area (Å²) in [6, 6.07) is 0. The van der Waals surface area contributed by atoms with Crippen LogP contribution in [0.4, 0.5) is 0 Å². The predicted molar refractivity (Wildman–Crippen MR) is 57.3 cm³/mol. The lowest BCUT2D eigenvalue weighted by atomic mass is 9.58. The van der Waals surface area contributed by atoms with Crippen LogP contribution >= 0.6 is 0 Å². The summed E-state index contributed by atoms with van der Waals surface area (Å²) in [4.78, 5) is 12.2. The van der Waals surface area contributed by atoms with Crippen molar-refractivity contribution in [2.24, 2.45) is 17.8 Å². The maximum absolute atomic E-state index is 12.2. The van der Waals surface area contributed by atoms with E-state index in [0.29, 0.717) is 5.92 Å². The first kappa shape index (κ1) is 9.10. The molecule has 2 heteroatoms. The van der Waals surface area contributed by atoms with E-state index >= 15 is 0 Å². The molecule has 4 aliphatic carbocycles. The Kier molecular flexibility index (Phi) is 1.64. The molecule has 0 saturated heterocycles. The average molecular weight is 202 g/mol. The Morgan fingerprint density at radius 1 is 1.53 bits per heavy atom. The van der Waals surface area contributed by atoms with Crippen LogP contribution in [0.25, 0.3) is 0 Å². The number of methoxy groups -OCH3 is 1. The Morgan fingerprint density at radius 3 is 3.07 bits per heavy atom. The lowest BCUT2D eigenvalue weighted by molar-refractivity contribution is -0.143. The van der Waals surface area contributed by atoms with Crippen LogP contribution < -0.4 is 0 Å². The molecule has 1 saturated carbocycles. The second kappa shape index (κ2) is 2.70. The van der Waals surface area contributed by atoms with Gasteiger partial charge in [-0.1, -0.05) is 24.8 Å². The van der Waals surface area contributed by atoms with Crippen LogP contribution in [-0.4, -0.2) is 18.5 Å². The largest absolute Gasteiger partial charge is 0.365 e. The van der Waals surface area contributed by atoms with Gasteiger partial charge in [-0.2, -0.15) is 0 Å². The third kappa shape index (κ3) is 0.864. The molecule has 4 rings (SSSR count). The zero-order valence-electron chi connectivity index (χ0n) is 8.77. The van der Waals surface area contributed by atoms with Gasteiger partial charge in [-0.05, 0) is 24.0 Å². The Hall–Kier alpha value is -1.15. The van der Waals surface area contributed by atoms with Gasteiger partial charge in [-0.3, -0.25) is 4.79 Å². The molecular weight excluding hydrogens is 188 g/mol. The zero-order chi connectivity index (χ0) is 10.6. The van der Waals surface area contributed by atoms with Crippen LogP contribution in [0.1, 0.15) is 6.42 Å². The lowest BCUT2D eigenvalue weighted by Gasteiger charge is -2.48.